The van der Waals surface area contributed by atoms with Crippen molar-refractivity contribution in [2.24, 2.45) is 0 Å². The highest BCUT2D eigenvalue weighted by Crippen LogP contribution is 2.26. The second kappa shape index (κ2) is 6.62. The summed E-state index contributed by atoms with van der Waals surface area (Å²) in [4.78, 5) is 11.5. The third kappa shape index (κ3) is 4.16. The third-order valence-corrected chi connectivity index (χ3v) is 4.06. The summed E-state index contributed by atoms with van der Waals surface area (Å²) in [5.74, 6) is -0.0361. The molecule has 0 aliphatic carbocycles. The third-order valence-electron chi connectivity index (χ3n) is 2.43. The van der Waals surface area contributed by atoms with E-state index in [-0.39, 0.29) is 16.8 Å². The molecule has 0 radical (unpaired) electrons. The summed E-state index contributed by atoms with van der Waals surface area (Å²) < 4.78 is 0. The first-order chi connectivity index (χ1) is 7.95. The van der Waals surface area contributed by atoms with Crippen LogP contribution >= 0.6 is 39.1 Å². The molecular formula is C12H14BrCl2NO. The van der Waals surface area contributed by atoms with E-state index < -0.39 is 0 Å². The average molecular weight is 339 g/mol. The lowest BCUT2D eigenvalue weighted by molar-refractivity contribution is -0.121. The van der Waals surface area contributed by atoms with Crippen molar-refractivity contribution in [1.82, 2.24) is 5.32 Å². The Morgan fingerprint density at radius 2 is 2.12 bits per heavy atom. The highest BCUT2D eigenvalue weighted by molar-refractivity contribution is 9.10. The first-order valence-corrected chi connectivity index (χ1v) is 7.02. The Balaban J connectivity index is 2.76. The highest BCUT2D eigenvalue weighted by atomic mass is 79.9. The monoisotopic (exact) mass is 337 g/mol. The molecule has 1 rings (SSSR count). The van der Waals surface area contributed by atoms with E-state index in [1.165, 1.54) is 0 Å². The van der Waals surface area contributed by atoms with Crippen LogP contribution in [0.5, 0.6) is 0 Å². The molecule has 0 aliphatic rings. The molecule has 0 saturated carbocycles. The number of halogens is 3. The van der Waals surface area contributed by atoms with Gasteiger partial charge in [0.15, 0.2) is 0 Å². The molecule has 2 atom stereocenters. The average Bonchev–Trinajstić information content (AvgIpc) is 2.27. The second-order valence-corrected chi connectivity index (χ2v) is 5.72. The minimum absolute atomic E-state index is 0.0361. The smallest absolute Gasteiger partial charge is 0.234 e. The minimum Gasteiger partial charge on any atom is -0.349 e. The Labute approximate surface area is 120 Å². The van der Waals surface area contributed by atoms with Crippen LogP contribution in [0.3, 0.4) is 0 Å². The summed E-state index contributed by atoms with van der Waals surface area (Å²) in [5, 5.41) is 4.04. The van der Waals surface area contributed by atoms with Crippen LogP contribution in [0.1, 0.15) is 31.9 Å². The summed E-state index contributed by atoms with van der Waals surface area (Å²) in [6.45, 7) is 3.83. The molecule has 1 aromatic carbocycles. The van der Waals surface area contributed by atoms with Gasteiger partial charge in [-0.2, -0.15) is 0 Å². The van der Waals surface area contributed by atoms with E-state index in [2.05, 4.69) is 21.2 Å². The van der Waals surface area contributed by atoms with Gasteiger partial charge in [-0.15, -0.1) is 0 Å². The first kappa shape index (κ1) is 14.8. The topological polar surface area (TPSA) is 29.1 Å². The Kier molecular flexibility index (Phi) is 5.77. The molecule has 0 aromatic heterocycles. The van der Waals surface area contributed by atoms with Gasteiger partial charge in [0.25, 0.3) is 0 Å². The van der Waals surface area contributed by atoms with E-state index in [1.54, 1.807) is 12.1 Å². The molecule has 17 heavy (non-hydrogen) atoms. The van der Waals surface area contributed by atoms with E-state index in [1.807, 2.05) is 19.9 Å². The normalized spacial score (nSPS) is 14.2. The van der Waals surface area contributed by atoms with E-state index in [4.69, 9.17) is 23.2 Å². The van der Waals surface area contributed by atoms with Gasteiger partial charge in [0.1, 0.15) is 0 Å². The zero-order chi connectivity index (χ0) is 13.0. The lowest BCUT2D eigenvalue weighted by atomic mass is 10.1. The van der Waals surface area contributed by atoms with Gasteiger partial charge in [0, 0.05) is 10.0 Å². The van der Waals surface area contributed by atoms with Crippen molar-refractivity contribution in [1.29, 1.82) is 0 Å². The largest absolute Gasteiger partial charge is 0.349 e. The fourth-order valence-corrected chi connectivity index (χ4v) is 2.12. The number of rotatable bonds is 4. The summed E-state index contributed by atoms with van der Waals surface area (Å²) in [6.07, 6.45) is 0.743. The van der Waals surface area contributed by atoms with E-state index in [9.17, 15) is 4.79 Å². The number of hydrogen-bond acceptors (Lipinski definition) is 1. The van der Waals surface area contributed by atoms with Crippen molar-refractivity contribution >= 4 is 45.0 Å². The molecule has 0 bridgehead atoms. The first-order valence-electron chi connectivity index (χ1n) is 5.35. The van der Waals surface area contributed by atoms with Crippen LogP contribution in [0.25, 0.3) is 0 Å². The molecule has 0 saturated heterocycles. The molecule has 1 amide bonds. The van der Waals surface area contributed by atoms with Crippen molar-refractivity contribution in [2.75, 3.05) is 0 Å². The summed E-state index contributed by atoms with van der Waals surface area (Å²) in [7, 11) is 0. The molecule has 0 heterocycles. The van der Waals surface area contributed by atoms with Crippen LogP contribution in [0.2, 0.25) is 10.0 Å². The minimum atomic E-state index is -0.170. The number of carbonyl (C=O) groups is 1. The standard InChI is InChI=1S/C12H14BrCl2NO/c1-3-10(13)12(17)16-7(2)9-5-4-8(14)6-11(9)15/h4-7,10H,3H2,1-2H3,(H,16,17). The van der Waals surface area contributed by atoms with Gasteiger partial charge in [-0.25, -0.2) is 0 Å². The molecule has 94 valence electrons. The lowest BCUT2D eigenvalue weighted by Crippen LogP contribution is -2.32. The predicted molar refractivity (Wildman–Crippen MR) is 76.0 cm³/mol. The molecule has 0 fully saturated rings. The quantitative estimate of drug-likeness (QED) is 0.813. The Morgan fingerprint density at radius 1 is 1.47 bits per heavy atom. The molecular weight excluding hydrogens is 325 g/mol. The van der Waals surface area contributed by atoms with Crippen molar-refractivity contribution in [3.63, 3.8) is 0 Å². The van der Waals surface area contributed by atoms with Gasteiger partial charge >= 0.3 is 0 Å². The van der Waals surface area contributed by atoms with Crippen molar-refractivity contribution in [3.05, 3.63) is 33.8 Å². The summed E-state index contributed by atoms with van der Waals surface area (Å²) in [5.41, 5.74) is 0.861. The molecule has 0 aliphatic heterocycles. The molecule has 1 aromatic rings. The molecule has 1 N–H and O–H groups in total. The van der Waals surface area contributed by atoms with E-state index >= 15 is 0 Å². The number of hydrogen-bond donors (Lipinski definition) is 1. The van der Waals surface area contributed by atoms with Gasteiger partial charge in [-0.3, -0.25) is 4.79 Å². The Hall–Kier alpha value is -0.250. The Morgan fingerprint density at radius 3 is 2.65 bits per heavy atom. The maximum absolute atomic E-state index is 11.7. The van der Waals surface area contributed by atoms with Gasteiger partial charge in [-0.05, 0) is 31.0 Å². The van der Waals surface area contributed by atoms with Crippen LogP contribution in [0.15, 0.2) is 18.2 Å². The maximum atomic E-state index is 11.7. The van der Waals surface area contributed by atoms with Crippen molar-refractivity contribution < 1.29 is 4.79 Å². The van der Waals surface area contributed by atoms with Gasteiger partial charge in [-0.1, -0.05) is 52.1 Å². The van der Waals surface area contributed by atoms with Gasteiger partial charge in [0.05, 0.1) is 10.9 Å². The second-order valence-electron chi connectivity index (χ2n) is 3.77. The van der Waals surface area contributed by atoms with Crippen LogP contribution in [0.4, 0.5) is 0 Å². The van der Waals surface area contributed by atoms with E-state index in [0.717, 1.165) is 12.0 Å². The zero-order valence-electron chi connectivity index (χ0n) is 9.64. The number of nitrogens with one attached hydrogen (secondary N) is 1. The van der Waals surface area contributed by atoms with E-state index in [0.29, 0.717) is 10.0 Å². The number of amides is 1. The Bertz CT molecular complexity index is 411. The molecule has 2 unspecified atom stereocenters. The van der Waals surface area contributed by atoms with Crippen LogP contribution in [0, 0.1) is 0 Å². The van der Waals surface area contributed by atoms with Crippen molar-refractivity contribution in [2.45, 2.75) is 31.1 Å². The number of alkyl halides is 1. The van der Waals surface area contributed by atoms with Gasteiger partial charge in [0.2, 0.25) is 5.91 Å². The van der Waals surface area contributed by atoms with Crippen LogP contribution in [-0.2, 0) is 4.79 Å². The lowest BCUT2D eigenvalue weighted by Gasteiger charge is -2.17. The molecule has 2 nitrogen and oxygen atoms in total. The molecule has 0 spiro atoms. The number of carbonyl (C=O) groups excluding carboxylic acids is 1. The van der Waals surface area contributed by atoms with Gasteiger partial charge < -0.3 is 5.32 Å². The number of benzene rings is 1. The SMILES string of the molecule is CCC(Br)C(=O)NC(C)c1ccc(Cl)cc1Cl. The fraction of sp³-hybridized carbons (Fsp3) is 0.417. The van der Waals surface area contributed by atoms with Crippen molar-refractivity contribution in [3.8, 4) is 0 Å². The summed E-state index contributed by atoms with van der Waals surface area (Å²) >= 11 is 15.2. The van der Waals surface area contributed by atoms with Crippen LogP contribution < -0.4 is 5.32 Å². The highest BCUT2D eigenvalue weighted by Gasteiger charge is 2.17. The molecule has 5 heteroatoms. The fourth-order valence-electron chi connectivity index (χ4n) is 1.42. The van der Waals surface area contributed by atoms with Crippen LogP contribution in [-0.4, -0.2) is 10.7 Å². The predicted octanol–water partition coefficient (Wildman–Crippen LogP) is 4.34. The summed E-state index contributed by atoms with van der Waals surface area (Å²) in [6, 6.07) is 5.12. The maximum Gasteiger partial charge on any atom is 0.234 e. The zero-order valence-corrected chi connectivity index (χ0v) is 12.7.